The minimum atomic E-state index is -0.229. The molecule has 4 heteroatoms. The zero-order chi connectivity index (χ0) is 35.3. The van der Waals surface area contributed by atoms with Crippen LogP contribution in [0.4, 0.5) is 34.1 Å². The maximum atomic E-state index is 2.50. The van der Waals surface area contributed by atoms with E-state index >= 15 is 0 Å². The molecule has 3 heterocycles. The highest BCUT2D eigenvalue weighted by Gasteiger charge is 2.46. The fourth-order valence-corrected chi connectivity index (χ4v) is 10.3. The summed E-state index contributed by atoms with van der Waals surface area (Å²) in [6.07, 6.45) is 0. The number of hydrogen-bond acceptors (Lipinski definition) is 3. The summed E-state index contributed by atoms with van der Waals surface area (Å²) in [6, 6.07) is 54.6. The summed E-state index contributed by atoms with van der Waals surface area (Å²) >= 11 is 1.87. The second-order valence-electron chi connectivity index (χ2n) is 15.2. The number of anilines is 6. The number of hydrogen-bond donors (Lipinski definition) is 0. The Morgan fingerprint density at radius 2 is 1.25 bits per heavy atom. The zero-order valence-electron chi connectivity index (χ0n) is 30.2. The van der Waals surface area contributed by atoms with Crippen molar-refractivity contribution in [2.45, 2.75) is 40.0 Å². The lowest BCUT2D eigenvalue weighted by Gasteiger charge is -2.46. The van der Waals surface area contributed by atoms with Crippen molar-refractivity contribution in [3.05, 3.63) is 173 Å². The van der Waals surface area contributed by atoms with Gasteiger partial charge in [0.05, 0.1) is 0 Å². The van der Waals surface area contributed by atoms with Gasteiger partial charge in [-0.2, -0.15) is 0 Å². The number of fused-ring (bicyclic) bond motifs is 7. The molecule has 0 unspecified atom stereocenters. The van der Waals surface area contributed by atoms with Crippen LogP contribution < -0.4 is 26.2 Å². The first-order chi connectivity index (χ1) is 25.3. The number of thiophene rings is 1. The Bertz CT molecular complexity index is 2710. The van der Waals surface area contributed by atoms with Gasteiger partial charge in [-0.1, -0.05) is 103 Å². The molecule has 1 aromatic heterocycles. The van der Waals surface area contributed by atoms with Crippen LogP contribution in [0.3, 0.4) is 0 Å². The summed E-state index contributed by atoms with van der Waals surface area (Å²) in [5.41, 5.74) is 18.0. The number of nitrogens with zero attached hydrogens (tertiary/aromatic N) is 2. The number of aryl methyl sites for hydroxylation is 3. The van der Waals surface area contributed by atoms with Crippen LogP contribution in [0.15, 0.2) is 146 Å². The third kappa shape index (κ3) is 4.57. The van der Waals surface area contributed by atoms with Crippen molar-refractivity contribution >= 4 is 88.7 Å². The van der Waals surface area contributed by atoms with E-state index in [1.807, 2.05) is 11.3 Å². The van der Waals surface area contributed by atoms with Gasteiger partial charge < -0.3 is 9.80 Å². The van der Waals surface area contributed by atoms with Gasteiger partial charge in [0.25, 0.3) is 0 Å². The van der Waals surface area contributed by atoms with Gasteiger partial charge in [0.2, 0.25) is 6.71 Å². The van der Waals surface area contributed by atoms with Crippen LogP contribution in [0.5, 0.6) is 0 Å². The molecule has 250 valence electrons. The van der Waals surface area contributed by atoms with Gasteiger partial charge >= 0.3 is 0 Å². The summed E-state index contributed by atoms with van der Waals surface area (Å²) < 4.78 is 2.65. The molecule has 0 bridgehead atoms. The van der Waals surface area contributed by atoms with Crippen LogP contribution in [0, 0.1) is 20.8 Å². The summed E-state index contributed by atoms with van der Waals surface area (Å²) in [5.74, 6) is 0. The first-order valence-electron chi connectivity index (χ1n) is 18.3. The lowest BCUT2D eigenvalue weighted by molar-refractivity contribution is 0.641. The molecule has 0 aliphatic carbocycles. The van der Waals surface area contributed by atoms with E-state index in [-0.39, 0.29) is 12.1 Å². The predicted molar refractivity (Wildman–Crippen MR) is 226 cm³/mol. The van der Waals surface area contributed by atoms with E-state index in [1.165, 1.54) is 92.8 Å². The summed E-state index contributed by atoms with van der Waals surface area (Å²) in [4.78, 5) is 4.94. The van der Waals surface area contributed by atoms with Crippen molar-refractivity contribution in [1.82, 2.24) is 0 Å². The molecule has 0 amide bonds. The number of para-hydroxylation sites is 1. The first-order valence-corrected chi connectivity index (χ1v) is 19.1. The van der Waals surface area contributed by atoms with Gasteiger partial charge in [-0.05, 0) is 121 Å². The third-order valence-corrected chi connectivity index (χ3v) is 12.7. The molecular formula is C48H39BN2S. The molecule has 2 aliphatic rings. The van der Waals surface area contributed by atoms with Crippen LogP contribution in [0.2, 0.25) is 0 Å². The van der Waals surface area contributed by atoms with Gasteiger partial charge in [-0.25, -0.2) is 0 Å². The second-order valence-corrected chi connectivity index (χ2v) is 16.3. The Kier molecular flexibility index (Phi) is 6.88. The largest absolute Gasteiger partial charge is 0.312 e. The Morgan fingerprint density at radius 3 is 2.08 bits per heavy atom. The molecule has 0 atom stereocenters. The maximum absolute atomic E-state index is 2.50. The molecule has 7 aromatic carbocycles. The Hall–Kier alpha value is -5.58. The molecule has 0 fully saturated rings. The lowest BCUT2D eigenvalue weighted by Crippen LogP contribution is -2.64. The van der Waals surface area contributed by atoms with E-state index in [0.29, 0.717) is 0 Å². The highest BCUT2D eigenvalue weighted by atomic mass is 32.1. The van der Waals surface area contributed by atoms with E-state index in [9.17, 15) is 0 Å². The molecule has 2 nitrogen and oxygen atoms in total. The van der Waals surface area contributed by atoms with Crippen LogP contribution in [0.25, 0.3) is 20.2 Å². The van der Waals surface area contributed by atoms with Gasteiger partial charge in [0.15, 0.2) is 0 Å². The molecule has 0 saturated heterocycles. The van der Waals surface area contributed by atoms with Crippen molar-refractivity contribution in [3.8, 4) is 0 Å². The van der Waals surface area contributed by atoms with Gasteiger partial charge in [0.1, 0.15) is 0 Å². The first kappa shape index (κ1) is 31.2. The van der Waals surface area contributed by atoms with E-state index in [1.54, 1.807) is 0 Å². The summed E-state index contributed by atoms with van der Waals surface area (Å²) in [6.45, 7) is 11.7. The average molecular weight is 687 g/mol. The normalized spacial score (nSPS) is 13.9. The highest BCUT2D eigenvalue weighted by molar-refractivity contribution is 7.25. The zero-order valence-corrected chi connectivity index (χ0v) is 31.1. The Balaban J connectivity index is 1.20. The van der Waals surface area contributed by atoms with Crippen LogP contribution in [0.1, 0.15) is 41.7 Å². The van der Waals surface area contributed by atoms with Gasteiger partial charge in [-0.15, -0.1) is 11.3 Å². The minimum Gasteiger partial charge on any atom is -0.312 e. The highest BCUT2D eigenvalue weighted by Crippen LogP contribution is 2.46. The van der Waals surface area contributed by atoms with E-state index < -0.39 is 0 Å². The Morgan fingerprint density at radius 1 is 0.558 bits per heavy atom. The predicted octanol–water partition coefficient (Wildman–Crippen LogP) is 11.4. The molecular weight excluding hydrogens is 647 g/mol. The van der Waals surface area contributed by atoms with Crippen molar-refractivity contribution in [2.75, 3.05) is 9.80 Å². The molecule has 0 radical (unpaired) electrons. The molecule has 52 heavy (non-hydrogen) atoms. The van der Waals surface area contributed by atoms with Crippen LogP contribution in [-0.2, 0) is 5.41 Å². The Labute approximate surface area is 310 Å². The summed E-state index contributed by atoms with van der Waals surface area (Å²) in [5, 5.41) is 2.62. The molecule has 0 spiro atoms. The van der Waals surface area contributed by atoms with Crippen LogP contribution >= 0.6 is 11.3 Å². The molecule has 2 aliphatic heterocycles. The molecule has 0 saturated carbocycles. The van der Waals surface area contributed by atoms with Crippen molar-refractivity contribution in [2.24, 2.45) is 0 Å². The fourth-order valence-electron chi connectivity index (χ4n) is 9.21. The number of rotatable bonds is 4. The quantitative estimate of drug-likeness (QED) is 0.170. The minimum absolute atomic E-state index is 0.136. The number of benzene rings is 7. The third-order valence-electron chi connectivity index (χ3n) is 11.5. The smallest absolute Gasteiger partial charge is 0.247 e. The van der Waals surface area contributed by atoms with E-state index in [4.69, 9.17) is 0 Å². The SMILES string of the molecule is Cc1ccc(N2c3ccc(C)cc3B3c4ccc(N(c5ccccc5)c5ccc6sc7ccccc7c6c5)cc4C(C)(C)c4c(C)ccc2c43)cc1. The van der Waals surface area contributed by atoms with E-state index in [2.05, 4.69) is 190 Å². The van der Waals surface area contributed by atoms with Gasteiger partial charge in [0, 0.05) is 59.7 Å². The monoisotopic (exact) mass is 686 g/mol. The molecule has 0 N–H and O–H groups in total. The fraction of sp³-hybridized carbons (Fsp3) is 0.125. The maximum Gasteiger partial charge on any atom is 0.247 e. The second kappa shape index (κ2) is 11.5. The standard InChI is InChI=1S/C48H39BN2S/c1-30-15-19-34(20-16-30)51-42-24-17-31(2)27-41(42)49-40-23-21-36(29-39(40)48(4,5)46-32(3)18-25-43(51)47(46)49)50(33-11-7-6-8-12-33)35-22-26-45-38(28-35)37-13-9-10-14-44(37)52-45/h6-29H,1-5H3. The van der Waals surface area contributed by atoms with Gasteiger partial charge in [-0.3, -0.25) is 0 Å². The lowest BCUT2D eigenvalue weighted by atomic mass is 9.30. The summed E-state index contributed by atoms with van der Waals surface area (Å²) in [7, 11) is 0. The van der Waals surface area contributed by atoms with Crippen molar-refractivity contribution in [3.63, 3.8) is 0 Å². The van der Waals surface area contributed by atoms with Crippen molar-refractivity contribution in [1.29, 1.82) is 0 Å². The molecule has 8 aromatic rings. The van der Waals surface area contributed by atoms with Crippen molar-refractivity contribution < 1.29 is 0 Å². The average Bonchev–Trinajstić information content (AvgIpc) is 3.53. The molecule has 10 rings (SSSR count). The van der Waals surface area contributed by atoms with E-state index in [0.717, 1.165) is 5.69 Å². The van der Waals surface area contributed by atoms with Crippen LogP contribution in [-0.4, -0.2) is 6.71 Å². The topological polar surface area (TPSA) is 6.48 Å².